The van der Waals surface area contributed by atoms with Gasteiger partial charge in [-0.15, -0.1) is 6.58 Å². The SMILES string of the molecule is C=CC[C@]1(OCc2ccccc2)NCCC(OCc2ccccc2)C1OCc1ccccc1. The molecule has 3 aromatic carbocycles. The van der Waals surface area contributed by atoms with Crippen LogP contribution in [0, 0.1) is 0 Å². The molecule has 1 heterocycles. The molecular formula is C29H33NO3. The highest BCUT2D eigenvalue weighted by atomic mass is 16.6. The fourth-order valence-corrected chi connectivity index (χ4v) is 4.31. The van der Waals surface area contributed by atoms with Gasteiger partial charge in [-0.3, -0.25) is 5.32 Å². The third kappa shape index (κ3) is 6.40. The normalized spacial score (nSPS) is 22.7. The van der Waals surface area contributed by atoms with Crippen molar-refractivity contribution >= 4 is 0 Å². The molecule has 4 rings (SSSR count). The molecule has 4 nitrogen and oxygen atoms in total. The number of hydrogen-bond acceptors (Lipinski definition) is 4. The molecule has 0 saturated carbocycles. The largest absolute Gasteiger partial charge is 0.371 e. The molecular weight excluding hydrogens is 410 g/mol. The van der Waals surface area contributed by atoms with Gasteiger partial charge in [-0.05, 0) is 23.1 Å². The molecule has 1 N–H and O–H groups in total. The van der Waals surface area contributed by atoms with E-state index in [1.165, 1.54) is 0 Å². The molecule has 4 heteroatoms. The van der Waals surface area contributed by atoms with Gasteiger partial charge < -0.3 is 14.2 Å². The van der Waals surface area contributed by atoms with Crippen molar-refractivity contribution in [3.63, 3.8) is 0 Å². The first-order chi connectivity index (χ1) is 16.3. The Kier molecular flexibility index (Phi) is 8.45. The van der Waals surface area contributed by atoms with Crippen LogP contribution < -0.4 is 5.32 Å². The van der Waals surface area contributed by atoms with Crippen LogP contribution in [-0.4, -0.2) is 24.5 Å². The average Bonchev–Trinajstić information content (AvgIpc) is 2.88. The van der Waals surface area contributed by atoms with Gasteiger partial charge in [-0.2, -0.15) is 0 Å². The summed E-state index contributed by atoms with van der Waals surface area (Å²) in [7, 11) is 0. The fraction of sp³-hybridized carbons (Fsp3) is 0.310. The summed E-state index contributed by atoms with van der Waals surface area (Å²) in [6, 6.07) is 30.7. The van der Waals surface area contributed by atoms with Crippen LogP contribution in [0.1, 0.15) is 29.5 Å². The number of rotatable bonds is 11. The molecule has 0 bridgehead atoms. The van der Waals surface area contributed by atoms with Crippen molar-refractivity contribution < 1.29 is 14.2 Å². The number of piperidine rings is 1. The van der Waals surface area contributed by atoms with Crippen molar-refractivity contribution in [2.75, 3.05) is 6.54 Å². The molecule has 1 saturated heterocycles. The second-order valence-corrected chi connectivity index (χ2v) is 8.42. The van der Waals surface area contributed by atoms with Gasteiger partial charge in [-0.1, -0.05) is 97.1 Å². The first-order valence-electron chi connectivity index (χ1n) is 11.6. The lowest BCUT2D eigenvalue weighted by molar-refractivity contribution is -0.230. The van der Waals surface area contributed by atoms with Crippen LogP contribution in [-0.2, 0) is 34.0 Å². The monoisotopic (exact) mass is 443 g/mol. The Morgan fingerprint density at radius 3 is 1.82 bits per heavy atom. The van der Waals surface area contributed by atoms with Crippen molar-refractivity contribution in [2.45, 2.75) is 50.6 Å². The number of ether oxygens (including phenoxy) is 3. The smallest absolute Gasteiger partial charge is 0.152 e. The van der Waals surface area contributed by atoms with Crippen LogP contribution in [0.4, 0.5) is 0 Å². The van der Waals surface area contributed by atoms with E-state index < -0.39 is 5.72 Å². The van der Waals surface area contributed by atoms with E-state index in [-0.39, 0.29) is 12.2 Å². The van der Waals surface area contributed by atoms with Gasteiger partial charge in [-0.25, -0.2) is 0 Å². The summed E-state index contributed by atoms with van der Waals surface area (Å²) < 4.78 is 19.6. The van der Waals surface area contributed by atoms with Gasteiger partial charge >= 0.3 is 0 Å². The second-order valence-electron chi connectivity index (χ2n) is 8.42. The van der Waals surface area contributed by atoms with Crippen LogP contribution in [0.5, 0.6) is 0 Å². The maximum atomic E-state index is 6.59. The van der Waals surface area contributed by atoms with Gasteiger partial charge in [0.25, 0.3) is 0 Å². The second kappa shape index (κ2) is 11.9. The molecule has 33 heavy (non-hydrogen) atoms. The zero-order chi connectivity index (χ0) is 22.8. The molecule has 1 aliphatic heterocycles. The zero-order valence-corrected chi connectivity index (χ0v) is 19.1. The first-order valence-corrected chi connectivity index (χ1v) is 11.6. The van der Waals surface area contributed by atoms with Crippen molar-refractivity contribution in [1.29, 1.82) is 0 Å². The van der Waals surface area contributed by atoms with Crippen LogP contribution in [0.2, 0.25) is 0 Å². The number of benzene rings is 3. The maximum absolute atomic E-state index is 6.59. The van der Waals surface area contributed by atoms with Gasteiger partial charge in [0.1, 0.15) is 6.10 Å². The lowest BCUT2D eigenvalue weighted by Crippen LogP contribution is -2.65. The highest BCUT2D eigenvalue weighted by Crippen LogP contribution is 2.32. The third-order valence-electron chi connectivity index (χ3n) is 6.02. The molecule has 1 fully saturated rings. The summed E-state index contributed by atoms with van der Waals surface area (Å²) in [5.41, 5.74) is 2.68. The predicted molar refractivity (Wildman–Crippen MR) is 131 cm³/mol. The lowest BCUT2D eigenvalue weighted by Gasteiger charge is -2.47. The Labute approximate surface area is 197 Å². The summed E-state index contributed by atoms with van der Waals surface area (Å²) >= 11 is 0. The molecule has 0 amide bonds. The van der Waals surface area contributed by atoms with Crippen LogP contribution in [0.3, 0.4) is 0 Å². The van der Waals surface area contributed by atoms with Gasteiger partial charge in [0.2, 0.25) is 0 Å². The Morgan fingerprint density at radius 1 is 0.758 bits per heavy atom. The Hall–Kier alpha value is -2.76. The summed E-state index contributed by atoms with van der Waals surface area (Å²) in [6.07, 6.45) is 2.96. The van der Waals surface area contributed by atoms with Crippen LogP contribution >= 0.6 is 0 Å². The molecule has 3 aromatic rings. The van der Waals surface area contributed by atoms with Crippen molar-refractivity contribution in [2.24, 2.45) is 0 Å². The molecule has 0 radical (unpaired) electrons. The Morgan fingerprint density at radius 2 is 1.27 bits per heavy atom. The summed E-state index contributed by atoms with van der Waals surface area (Å²) in [5.74, 6) is 0. The highest BCUT2D eigenvalue weighted by molar-refractivity contribution is 5.16. The number of nitrogens with one attached hydrogen (secondary N) is 1. The van der Waals surface area contributed by atoms with E-state index in [4.69, 9.17) is 14.2 Å². The van der Waals surface area contributed by atoms with Gasteiger partial charge in [0, 0.05) is 13.0 Å². The van der Waals surface area contributed by atoms with Crippen LogP contribution in [0.25, 0.3) is 0 Å². The lowest BCUT2D eigenvalue weighted by atomic mass is 9.90. The van der Waals surface area contributed by atoms with E-state index in [9.17, 15) is 0 Å². The van der Waals surface area contributed by atoms with E-state index in [1.54, 1.807) is 0 Å². The molecule has 172 valence electrons. The van der Waals surface area contributed by atoms with E-state index in [0.717, 1.165) is 29.7 Å². The Balaban J connectivity index is 1.55. The van der Waals surface area contributed by atoms with Crippen LogP contribution in [0.15, 0.2) is 104 Å². The minimum Gasteiger partial charge on any atom is -0.371 e. The standard InChI is InChI=1S/C29H33NO3/c1-2-19-29(33-23-26-16-10-5-11-17-26)28(32-22-25-14-8-4-9-15-25)27(18-20-30-29)31-21-24-12-6-3-7-13-24/h2-17,27-28,30H,1,18-23H2/t27?,28?,29-/m1/s1. The molecule has 0 spiro atoms. The molecule has 1 aliphatic rings. The molecule has 0 aromatic heterocycles. The molecule has 0 aliphatic carbocycles. The van der Waals surface area contributed by atoms with Crippen molar-refractivity contribution in [3.8, 4) is 0 Å². The topological polar surface area (TPSA) is 39.7 Å². The predicted octanol–water partition coefficient (Wildman–Crippen LogP) is 5.64. The summed E-state index contributed by atoms with van der Waals surface area (Å²) in [5, 5.41) is 3.62. The van der Waals surface area contributed by atoms with E-state index in [2.05, 4.69) is 48.3 Å². The molecule has 3 atom stereocenters. The van der Waals surface area contributed by atoms with Crippen molar-refractivity contribution in [3.05, 3.63) is 120 Å². The highest BCUT2D eigenvalue weighted by Gasteiger charge is 2.47. The summed E-state index contributed by atoms with van der Waals surface area (Å²) in [6.45, 7) is 6.31. The third-order valence-corrected chi connectivity index (χ3v) is 6.02. The quantitative estimate of drug-likeness (QED) is 0.389. The number of hydrogen-bond donors (Lipinski definition) is 1. The van der Waals surface area contributed by atoms with E-state index >= 15 is 0 Å². The first kappa shape index (κ1) is 23.4. The minimum atomic E-state index is -0.716. The van der Waals surface area contributed by atoms with Gasteiger partial charge in [0.05, 0.1) is 25.9 Å². The van der Waals surface area contributed by atoms with E-state index in [0.29, 0.717) is 26.2 Å². The van der Waals surface area contributed by atoms with Gasteiger partial charge in [0.15, 0.2) is 5.72 Å². The van der Waals surface area contributed by atoms with E-state index in [1.807, 2.05) is 60.7 Å². The zero-order valence-electron chi connectivity index (χ0n) is 19.1. The maximum Gasteiger partial charge on any atom is 0.152 e. The van der Waals surface area contributed by atoms with Crippen molar-refractivity contribution in [1.82, 2.24) is 5.32 Å². The average molecular weight is 444 g/mol. The fourth-order valence-electron chi connectivity index (χ4n) is 4.31. The minimum absolute atomic E-state index is 0.106. The summed E-state index contributed by atoms with van der Waals surface area (Å²) in [4.78, 5) is 0. The Bertz CT molecular complexity index is 964. The molecule has 2 unspecified atom stereocenters.